The topological polar surface area (TPSA) is 138 Å². The van der Waals surface area contributed by atoms with Gasteiger partial charge in [-0.25, -0.2) is 4.98 Å². The number of carbonyl (C=O) groups is 1. The second-order valence-electron chi connectivity index (χ2n) is 10.4. The fourth-order valence-electron chi connectivity index (χ4n) is 4.96. The quantitative estimate of drug-likeness (QED) is 0.216. The Hall–Kier alpha value is -4.99. The van der Waals surface area contributed by atoms with Crippen molar-refractivity contribution in [3.63, 3.8) is 0 Å². The lowest BCUT2D eigenvalue weighted by Crippen LogP contribution is -2.38. The van der Waals surface area contributed by atoms with Gasteiger partial charge in [0.2, 0.25) is 11.5 Å². The van der Waals surface area contributed by atoms with Gasteiger partial charge in [-0.3, -0.25) is 25.3 Å². The molecule has 0 saturated heterocycles. The van der Waals surface area contributed by atoms with E-state index in [1.807, 2.05) is 68.6 Å². The lowest BCUT2D eigenvalue weighted by atomic mass is 9.93. The van der Waals surface area contributed by atoms with Gasteiger partial charge in [0.25, 0.3) is 0 Å². The SMILES string of the molecule is CC(C)NC(=O)Cn1cc(-c2ccc(-c3cnc(=N)n(C(=N)C4(c5ccc6ncccc6c5)CC4)n3)cc2)cn1. The molecule has 1 amide bonds. The summed E-state index contributed by atoms with van der Waals surface area (Å²) in [7, 11) is 0. The Labute approximate surface area is 230 Å². The first kappa shape index (κ1) is 25.3. The summed E-state index contributed by atoms with van der Waals surface area (Å²) < 4.78 is 2.96. The highest BCUT2D eigenvalue weighted by atomic mass is 16.2. The van der Waals surface area contributed by atoms with Gasteiger partial charge in [0.05, 0.1) is 23.3 Å². The van der Waals surface area contributed by atoms with E-state index >= 15 is 0 Å². The maximum atomic E-state index is 12.1. The third-order valence-corrected chi connectivity index (χ3v) is 7.19. The number of rotatable bonds is 7. The van der Waals surface area contributed by atoms with Crippen molar-refractivity contribution in [2.45, 2.75) is 44.7 Å². The molecule has 40 heavy (non-hydrogen) atoms. The molecule has 6 rings (SSSR count). The van der Waals surface area contributed by atoms with E-state index in [-0.39, 0.29) is 29.9 Å². The minimum absolute atomic E-state index is 0.0759. The minimum Gasteiger partial charge on any atom is -0.352 e. The summed E-state index contributed by atoms with van der Waals surface area (Å²) in [5, 5.41) is 30.3. The second kappa shape index (κ2) is 9.96. The third-order valence-electron chi connectivity index (χ3n) is 7.19. The molecule has 3 heterocycles. The summed E-state index contributed by atoms with van der Waals surface area (Å²) in [4.78, 5) is 20.7. The van der Waals surface area contributed by atoms with Gasteiger partial charge >= 0.3 is 0 Å². The molecule has 0 bridgehead atoms. The second-order valence-corrected chi connectivity index (χ2v) is 10.4. The molecular formula is C30H29N9O. The summed E-state index contributed by atoms with van der Waals surface area (Å²) in [5.74, 6) is 0.168. The summed E-state index contributed by atoms with van der Waals surface area (Å²) in [5.41, 5.74) is 4.62. The summed E-state index contributed by atoms with van der Waals surface area (Å²) in [6, 6.07) is 17.9. The molecule has 200 valence electrons. The molecule has 3 aromatic heterocycles. The van der Waals surface area contributed by atoms with Crippen LogP contribution in [0.15, 0.2) is 79.4 Å². The fraction of sp³-hybridized carbons (Fsp3) is 0.233. The molecule has 1 aliphatic carbocycles. The number of nitrogens with one attached hydrogen (secondary N) is 3. The molecule has 1 fully saturated rings. The van der Waals surface area contributed by atoms with E-state index in [1.165, 1.54) is 4.68 Å². The van der Waals surface area contributed by atoms with Crippen molar-refractivity contribution in [2.24, 2.45) is 0 Å². The average molecular weight is 532 g/mol. The third kappa shape index (κ3) is 4.79. The number of carbonyl (C=O) groups excluding carboxylic acids is 1. The largest absolute Gasteiger partial charge is 0.352 e. The number of benzene rings is 2. The molecule has 0 unspecified atom stereocenters. The zero-order valence-corrected chi connectivity index (χ0v) is 22.3. The number of nitrogens with zero attached hydrogens (tertiary/aromatic N) is 6. The van der Waals surface area contributed by atoms with Crippen LogP contribution in [0.25, 0.3) is 33.3 Å². The molecule has 0 radical (unpaired) electrons. The molecule has 0 atom stereocenters. The molecular weight excluding hydrogens is 502 g/mol. The van der Waals surface area contributed by atoms with Crippen LogP contribution >= 0.6 is 0 Å². The molecule has 5 aromatic rings. The van der Waals surface area contributed by atoms with Crippen LogP contribution in [0.3, 0.4) is 0 Å². The van der Waals surface area contributed by atoms with E-state index in [0.717, 1.165) is 46.0 Å². The first-order chi connectivity index (χ1) is 19.3. The van der Waals surface area contributed by atoms with Crippen LogP contribution in [0, 0.1) is 10.8 Å². The number of fused-ring (bicyclic) bond motifs is 1. The van der Waals surface area contributed by atoms with Crippen molar-refractivity contribution in [2.75, 3.05) is 0 Å². The molecule has 10 heteroatoms. The highest BCUT2D eigenvalue weighted by Gasteiger charge is 2.50. The Balaban J connectivity index is 1.23. The molecule has 1 saturated carbocycles. The van der Waals surface area contributed by atoms with Gasteiger partial charge in [0, 0.05) is 34.9 Å². The lowest BCUT2D eigenvalue weighted by Gasteiger charge is -2.19. The smallest absolute Gasteiger partial charge is 0.244 e. The highest BCUT2D eigenvalue weighted by molar-refractivity contribution is 5.95. The van der Waals surface area contributed by atoms with Crippen LogP contribution in [0.1, 0.15) is 32.3 Å². The normalized spacial score (nSPS) is 13.9. The first-order valence-electron chi connectivity index (χ1n) is 13.2. The van der Waals surface area contributed by atoms with Gasteiger partial charge in [0.15, 0.2) is 0 Å². The van der Waals surface area contributed by atoms with Gasteiger partial charge < -0.3 is 5.32 Å². The fourth-order valence-corrected chi connectivity index (χ4v) is 4.96. The van der Waals surface area contributed by atoms with E-state index in [2.05, 4.69) is 31.5 Å². The summed E-state index contributed by atoms with van der Waals surface area (Å²) in [6.45, 7) is 4.01. The number of aromatic nitrogens is 6. The minimum atomic E-state index is -0.492. The van der Waals surface area contributed by atoms with Crippen molar-refractivity contribution < 1.29 is 4.79 Å². The Morgan fingerprint density at radius 2 is 1.80 bits per heavy atom. The van der Waals surface area contributed by atoms with E-state index in [1.54, 1.807) is 23.3 Å². The Kier molecular flexibility index (Phi) is 6.30. The van der Waals surface area contributed by atoms with Gasteiger partial charge in [-0.05, 0) is 56.0 Å². The van der Waals surface area contributed by atoms with Crippen LogP contribution in [0.4, 0.5) is 0 Å². The maximum absolute atomic E-state index is 12.1. The number of amides is 1. The van der Waals surface area contributed by atoms with Crippen LogP contribution in [0.2, 0.25) is 0 Å². The number of hydrogen-bond donors (Lipinski definition) is 3. The molecule has 3 N–H and O–H groups in total. The Bertz CT molecular complexity index is 1800. The molecule has 10 nitrogen and oxygen atoms in total. The lowest BCUT2D eigenvalue weighted by molar-refractivity contribution is -0.122. The molecule has 2 aromatic carbocycles. The Morgan fingerprint density at radius 1 is 1.02 bits per heavy atom. The summed E-state index contributed by atoms with van der Waals surface area (Å²) in [6.07, 6.45) is 8.55. The predicted octanol–water partition coefficient (Wildman–Crippen LogP) is 3.92. The standard InChI is InChI=1S/C30H29N9O/c1-19(2)36-27(40)18-38-17-23(15-35-38)20-5-7-21(8-6-20)26-16-34-29(32)39(37-26)28(31)30(11-12-30)24-9-10-25-22(14-24)4-3-13-33-25/h3-10,13-17,19,31-32H,11-12,18H2,1-2H3,(H,36,40). The monoisotopic (exact) mass is 531 g/mol. The molecule has 1 aliphatic rings. The zero-order chi connectivity index (χ0) is 27.9. The number of hydrogen-bond acceptors (Lipinski definition) is 7. The van der Waals surface area contributed by atoms with Crippen LogP contribution in [-0.2, 0) is 16.8 Å². The van der Waals surface area contributed by atoms with E-state index < -0.39 is 5.41 Å². The van der Waals surface area contributed by atoms with E-state index in [4.69, 9.17) is 10.8 Å². The highest BCUT2D eigenvalue weighted by Crippen LogP contribution is 2.49. The van der Waals surface area contributed by atoms with Gasteiger partial charge in [-0.2, -0.15) is 14.9 Å². The first-order valence-corrected chi connectivity index (χ1v) is 13.2. The van der Waals surface area contributed by atoms with Crippen molar-refractivity contribution in [3.05, 3.63) is 90.6 Å². The van der Waals surface area contributed by atoms with Crippen molar-refractivity contribution in [3.8, 4) is 22.4 Å². The molecule has 0 aliphatic heterocycles. The van der Waals surface area contributed by atoms with Crippen LogP contribution in [-0.4, -0.2) is 47.3 Å². The van der Waals surface area contributed by atoms with Gasteiger partial charge in [0.1, 0.15) is 18.1 Å². The zero-order valence-electron chi connectivity index (χ0n) is 22.3. The summed E-state index contributed by atoms with van der Waals surface area (Å²) >= 11 is 0. The van der Waals surface area contributed by atoms with E-state index in [0.29, 0.717) is 5.69 Å². The predicted molar refractivity (Wildman–Crippen MR) is 152 cm³/mol. The average Bonchev–Trinajstić information content (AvgIpc) is 3.64. The van der Waals surface area contributed by atoms with E-state index in [9.17, 15) is 4.79 Å². The van der Waals surface area contributed by atoms with Crippen LogP contribution < -0.4 is 10.9 Å². The van der Waals surface area contributed by atoms with Crippen molar-refractivity contribution in [1.29, 1.82) is 10.8 Å². The van der Waals surface area contributed by atoms with Crippen molar-refractivity contribution >= 4 is 22.6 Å². The van der Waals surface area contributed by atoms with Gasteiger partial charge in [-0.15, -0.1) is 0 Å². The van der Waals surface area contributed by atoms with Crippen LogP contribution in [0.5, 0.6) is 0 Å². The molecule has 0 spiro atoms. The van der Waals surface area contributed by atoms with Crippen molar-refractivity contribution in [1.82, 2.24) is 34.8 Å². The Morgan fingerprint density at radius 3 is 2.55 bits per heavy atom. The maximum Gasteiger partial charge on any atom is 0.244 e. The van der Waals surface area contributed by atoms with Gasteiger partial charge in [-0.1, -0.05) is 36.4 Å². The number of pyridine rings is 1.